The summed E-state index contributed by atoms with van der Waals surface area (Å²) >= 11 is 1.59. The van der Waals surface area contributed by atoms with Gasteiger partial charge in [-0.3, -0.25) is 19.9 Å². The number of hydrogen-bond acceptors (Lipinski definition) is 14. The monoisotopic (exact) mass is 754 g/mol. The smallest absolute Gasteiger partial charge is 0.414 e. The number of aryl methyl sites for hydroxylation is 1. The minimum atomic E-state index is -1.13. The van der Waals surface area contributed by atoms with E-state index in [2.05, 4.69) is 16.3 Å². The zero-order valence-corrected chi connectivity index (χ0v) is 31.0. The first kappa shape index (κ1) is 35.6. The summed E-state index contributed by atoms with van der Waals surface area (Å²) in [5.74, 6) is 0.723. The molecule has 4 aliphatic rings. The van der Waals surface area contributed by atoms with Crippen molar-refractivity contribution < 1.29 is 43.2 Å². The molecule has 14 nitrogen and oxygen atoms in total. The van der Waals surface area contributed by atoms with Gasteiger partial charge in [0.05, 0.1) is 30.5 Å². The van der Waals surface area contributed by atoms with Crippen molar-refractivity contribution in [3.05, 3.63) is 85.8 Å². The van der Waals surface area contributed by atoms with Crippen LogP contribution in [0.15, 0.2) is 45.6 Å². The molecule has 1 aromatic heterocycles. The SMILES string of the molecule is CCS[C@@H]1c2c(O)c(C)c3c(c2[C@H](COC(=O)NC(=O)c2cc4ccccc4oc2=O)N2[C@@H]1[C@@H]1c4c(cc(C)c(OC)c4O)C[C@@H]([C@@H]2C#N)N1C)OCO3. The predicted molar refractivity (Wildman–Crippen MR) is 196 cm³/mol. The number of methoxy groups -OCH3 is 1. The summed E-state index contributed by atoms with van der Waals surface area (Å²) in [6, 6.07) is 9.52. The molecule has 54 heavy (non-hydrogen) atoms. The van der Waals surface area contributed by atoms with E-state index in [1.54, 1.807) is 43.0 Å². The van der Waals surface area contributed by atoms with E-state index < -0.39 is 47.0 Å². The number of hydrogen-bond donors (Lipinski definition) is 3. The molecule has 5 heterocycles. The van der Waals surface area contributed by atoms with Crippen LogP contribution in [-0.4, -0.2) is 83.4 Å². The van der Waals surface area contributed by atoms with Crippen LogP contribution in [0.4, 0.5) is 4.79 Å². The van der Waals surface area contributed by atoms with Gasteiger partial charge in [0.25, 0.3) is 5.91 Å². The van der Waals surface area contributed by atoms with Crippen molar-refractivity contribution in [3.63, 3.8) is 0 Å². The van der Waals surface area contributed by atoms with E-state index in [9.17, 15) is 29.9 Å². The second kappa shape index (κ2) is 13.5. The van der Waals surface area contributed by atoms with Gasteiger partial charge in [-0.05, 0) is 56.3 Å². The normalized spacial score (nSPS) is 23.9. The van der Waals surface area contributed by atoms with Gasteiger partial charge >= 0.3 is 11.7 Å². The van der Waals surface area contributed by atoms with Crippen LogP contribution in [-0.2, 0) is 11.2 Å². The molecule has 0 saturated carbocycles. The van der Waals surface area contributed by atoms with E-state index in [4.69, 9.17) is 23.4 Å². The fourth-order valence-electron chi connectivity index (χ4n) is 8.93. The number of carbonyl (C=O) groups excluding carboxylic acids is 2. The van der Waals surface area contributed by atoms with E-state index in [1.807, 2.05) is 31.9 Å². The third-order valence-corrected chi connectivity index (χ3v) is 12.4. The lowest BCUT2D eigenvalue weighted by Crippen LogP contribution is -2.69. The molecule has 2 amide bonds. The molecule has 0 aliphatic carbocycles. The molecule has 4 aromatic rings. The predicted octanol–water partition coefficient (Wildman–Crippen LogP) is 5.15. The van der Waals surface area contributed by atoms with Gasteiger partial charge in [-0.25, -0.2) is 9.59 Å². The van der Waals surface area contributed by atoms with Crippen LogP contribution in [0.25, 0.3) is 11.0 Å². The first-order valence-electron chi connectivity index (χ1n) is 17.6. The van der Waals surface area contributed by atoms with Gasteiger partial charge in [0.2, 0.25) is 6.79 Å². The number of likely N-dealkylation sites (N-methyl/N-ethyl adjacent to an activating group) is 1. The van der Waals surface area contributed by atoms with Crippen LogP contribution in [0, 0.1) is 25.2 Å². The molecule has 2 bridgehead atoms. The molecule has 6 atom stereocenters. The lowest BCUT2D eigenvalue weighted by Gasteiger charge is -2.61. The van der Waals surface area contributed by atoms with Crippen LogP contribution in [0.1, 0.15) is 68.0 Å². The van der Waals surface area contributed by atoms with Gasteiger partial charge in [0.15, 0.2) is 23.0 Å². The Morgan fingerprint density at radius 1 is 1.09 bits per heavy atom. The van der Waals surface area contributed by atoms with Gasteiger partial charge in [-0.1, -0.05) is 31.2 Å². The average Bonchev–Trinajstić information content (AvgIpc) is 3.64. The van der Waals surface area contributed by atoms with Crippen molar-refractivity contribution in [2.24, 2.45) is 0 Å². The highest BCUT2D eigenvalue weighted by Gasteiger charge is 2.60. The number of benzene rings is 3. The summed E-state index contributed by atoms with van der Waals surface area (Å²) in [5, 5.41) is 37.0. The highest BCUT2D eigenvalue weighted by molar-refractivity contribution is 7.99. The van der Waals surface area contributed by atoms with Gasteiger partial charge in [0, 0.05) is 39.7 Å². The number of nitrogens with one attached hydrogen (secondary N) is 1. The second-order valence-electron chi connectivity index (χ2n) is 13.8. The largest absolute Gasteiger partial charge is 0.507 e. The summed E-state index contributed by atoms with van der Waals surface area (Å²) in [6.07, 6.45) is -0.694. The van der Waals surface area contributed by atoms with Crippen LogP contribution >= 0.6 is 11.8 Å². The first-order valence-corrected chi connectivity index (χ1v) is 18.6. The van der Waals surface area contributed by atoms with Crippen molar-refractivity contribution in [2.45, 2.75) is 62.7 Å². The standard InChI is InChI=1S/C39H38N4O10S/c1-6-54-36-28-27(35-34(51-16-52-35)18(3)31(28)44)24(15-50-39(48)41-37(46)21-12-19-9-7-8-10-25(19)53-38(21)47)43-23(14-40)22-13-20-11-17(2)33(49-5)32(45)26(20)29(30(36)43)42(22)4/h7-12,22-24,29-30,36,44-45H,6,13,15-16H2,1-5H3,(H,41,46,48)/t22-,23-,24-,29-,30+,36+/m0/s1. The molecule has 8 rings (SSSR count). The Morgan fingerprint density at radius 3 is 2.59 bits per heavy atom. The maximum absolute atomic E-state index is 13.4. The number of para-hydroxylation sites is 1. The number of rotatable bonds is 6. The lowest BCUT2D eigenvalue weighted by atomic mass is 9.71. The van der Waals surface area contributed by atoms with E-state index in [1.165, 1.54) is 13.2 Å². The fraction of sp³-hybridized carbons (Fsp3) is 0.385. The quantitative estimate of drug-likeness (QED) is 0.220. The van der Waals surface area contributed by atoms with Gasteiger partial charge in [-0.2, -0.15) is 17.0 Å². The summed E-state index contributed by atoms with van der Waals surface area (Å²) in [4.78, 5) is 43.4. The number of carbonyl (C=O) groups is 2. The summed E-state index contributed by atoms with van der Waals surface area (Å²) < 4.78 is 28.6. The summed E-state index contributed by atoms with van der Waals surface area (Å²) in [7, 11) is 3.45. The molecular formula is C39H38N4O10S. The number of phenols is 2. The Balaban J connectivity index is 1.24. The van der Waals surface area contributed by atoms with Gasteiger partial charge in [0.1, 0.15) is 29.5 Å². The minimum absolute atomic E-state index is 0.00691. The number of amides is 2. The molecule has 15 heteroatoms. The third kappa shape index (κ3) is 5.26. The summed E-state index contributed by atoms with van der Waals surface area (Å²) in [6.45, 7) is 5.14. The second-order valence-corrected chi connectivity index (χ2v) is 15.3. The van der Waals surface area contributed by atoms with Crippen molar-refractivity contribution >= 4 is 34.7 Å². The Bertz CT molecular complexity index is 2340. The van der Waals surface area contributed by atoms with Gasteiger partial charge < -0.3 is 33.6 Å². The highest BCUT2D eigenvalue weighted by atomic mass is 32.2. The van der Waals surface area contributed by atoms with Crippen LogP contribution in [0.5, 0.6) is 28.7 Å². The molecule has 0 spiro atoms. The molecular weight excluding hydrogens is 717 g/mol. The fourth-order valence-corrected chi connectivity index (χ4v) is 10.2. The zero-order valence-electron chi connectivity index (χ0n) is 30.2. The Hall–Kier alpha value is -5.43. The number of imide groups is 1. The molecule has 4 aliphatic heterocycles. The Morgan fingerprint density at radius 2 is 1.85 bits per heavy atom. The van der Waals surface area contributed by atoms with Gasteiger partial charge in [-0.15, -0.1) is 0 Å². The number of aromatic hydroxyl groups is 2. The maximum atomic E-state index is 13.4. The number of thioether (sulfide) groups is 1. The van der Waals surface area contributed by atoms with E-state index in [0.717, 1.165) is 11.1 Å². The number of phenolic OH excluding ortho intramolecular Hbond substituents is 2. The Labute approximate surface area is 314 Å². The van der Waals surface area contributed by atoms with E-state index in [0.29, 0.717) is 57.1 Å². The van der Waals surface area contributed by atoms with Crippen LogP contribution in [0.2, 0.25) is 0 Å². The molecule has 0 unspecified atom stereocenters. The zero-order chi connectivity index (χ0) is 38.2. The number of nitriles is 1. The maximum Gasteiger partial charge on any atom is 0.414 e. The molecule has 3 aromatic carbocycles. The highest BCUT2D eigenvalue weighted by Crippen LogP contribution is 2.63. The Kier molecular flexibility index (Phi) is 8.87. The van der Waals surface area contributed by atoms with E-state index in [-0.39, 0.29) is 42.1 Å². The molecule has 1 saturated heterocycles. The molecule has 280 valence electrons. The van der Waals surface area contributed by atoms with Crippen molar-refractivity contribution in [3.8, 4) is 34.8 Å². The van der Waals surface area contributed by atoms with Crippen molar-refractivity contribution in [2.75, 3.05) is 33.3 Å². The average molecular weight is 755 g/mol. The number of ether oxygens (including phenoxy) is 4. The minimum Gasteiger partial charge on any atom is -0.507 e. The number of fused-ring (bicyclic) bond motifs is 10. The van der Waals surface area contributed by atoms with Crippen LogP contribution in [0.3, 0.4) is 0 Å². The number of piperazine rings is 1. The first-order chi connectivity index (χ1) is 26.0. The topological polar surface area (TPSA) is 184 Å². The lowest BCUT2D eigenvalue weighted by molar-refractivity contribution is -0.0843. The van der Waals surface area contributed by atoms with Crippen LogP contribution < -0.4 is 25.2 Å². The molecule has 0 radical (unpaired) electrons. The van der Waals surface area contributed by atoms with Crippen molar-refractivity contribution in [1.29, 1.82) is 5.26 Å². The number of nitrogens with zero attached hydrogens (tertiary/aromatic N) is 3. The number of alkyl carbamates (subject to hydrolysis) is 1. The molecule has 1 fully saturated rings. The molecule has 3 N–H and O–H groups in total. The van der Waals surface area contributed by atoms with E-state index >= 15 is 0 Å². The third-order valence-electron chi connectivity index (χ3n) is 11.1. The van der Waals surface area contributed by atoms with Crippen molar-refractivity contribution in [1.82, 2.24) is 15.1 Å². The summed E-state index contributed by atoms with van der Waals surface area (Å²) in [5.41, 5.74) is 2.88.